The van der Waals surface area contributed by atoms with Gasteiger partial charge in [-0.1, -0.05) is 12.1 Å². The summed E-state index contributed by atoms with van der Waals surface area (Å²) in [7, 11) is 0. The predicted molar refractivity (Wildman–Crippen MR) is 106 cm³/mol. The molecule has 2 heterocycles. The van der Waals surface area contributed by atoms with Gasteiger partial charge in [0.2, 0.25) is 5.91 Å². The Morgan fingerprint density at radius 1 is 1.27 bits per heavy atom. The van der Waals surface area contributed by atoms with E-state index in [1.807, 2.05) is 43.5 Å². The van der Waals surface area contributed by atoms with Gasteiger partial charge >= 0.3 is 0 Å². The number of aryl methyl sites for hydroxylation is 1. The first-order chi connectivity index (χ1) is 12.5. The van der Waals surface area contributed by atoms with E-state index in [-0.39, 0.29) is 5.91 Å². The van der Waals surface area contributed by atoms with E-state index in [0.717, 1.165) is 27.2 Å². The Labute approximate surface area is 160 Å². The first-order valence-corrected chi connectivity index (χ1v) is 9.96. The normalized spacial score (nSPS) is 10.7. The highest BCUT2D eigenvalue weighted by Crippen LogP contribution is 2.33. The van der Waals surface area contributed by atoms with Gasteiger partial charge in [-0.05, 0) is 48.9 Å². The number of thiazole rings is 1. The van der Waals surface area contributed by atoms with Gasteiger partial charge in [0.15, 0.2) is 11.3 Å². The lowest BCUT2D eigenvalue weighted by molar-refractivity contribution is -0.645. The summed E-state index contributed by atoms with van der Waals surface area (Å²) in [6.07, 6.45) is 1.48. The molecule has 0 fully saturated rings. The number of aromatic nitrogens is 2. The molecule has 5 nitrogen and oxygen atoms in total. The number of benzene rings is 1. The Bertz CT molecular complexity index is 940. The molecule has 7 heteroatoms. The van der Waals surface area contributed by atoms with E-state index in [4.69, 9.17) is 0 Å². The first kappa shape index (κ1) is 18.4. The van der Waals surface area contributed by atoms with Crippen molar-refractivity contribution in [2.75, 3.05) is 4.90 Å². The summed E-state index contributed by atoms with van der Waals surface area (Å²) in [5.41, 5.74) is 3.89. The predicted octanol–water partition coefficient (Wildman–Crippen LogP) is 4.37. The molecule has 0 unspecified atom stereocenters. The Kier molecular flexibility index (Phi) is 5.58. The van der Waals surface area contributed by atoms with E-state index >= 15 is 0 Å². The monoisotopic (exact) mass is 385 g/mol. The third kappa shape index (κ3) is 3.89. The Morgan fingerprint density at radius 3 is 2.81 bits per heavy atom. The number of hydrogen-bond acceptors (Lipinski definition) is 5. The fourth-order valence-electron chi connectivity index (χ4n) is 2.52. The molecule has 3 rings (SSSR count). The number of carbonyl (C=O) groups is 1. The number of nitrogens with zero attached hydrogens (tertiary/aromatic N) is 3. The summed E-state index contributed by atoms with van der Waals surface area (Å²) in [5, 5.41) is 14.9. The van der Waals surface area contributed by atoms with Gasteiger partial charge in [-0.15, -0.1) is 11.3 Å². The van der Waals surface area contributed by atoms with Crippen molar-refractivity contribution in [2.24, 2.45) is 0 Å². The molecule has 0 radical (unpaired) electrons. The number of rotatable bonds is 5. The number of thioether (sulfide) groups is 1. The van der Waals surface area contributed by atoms with Crippen molar-refractivity contribution in [3.63, 3.8) is 0 Å². The first-order valence-electron chi connectivity index (χ1n) is 8.09. The van der Waals surface area contributed by atoms with E-state index in [1.165, 1.54) is 29.3 Å². The van der Waals surface area contributed by atoms with Crippen LogP contribution in [0.4, 0.5) is 10.8 Å². The van der Waals surface area contributed by atoms with Crippen LogP contribution in [-0.2, 0) is 10.5 Å². The molecule has 0 aliphatic carbocycles. The molecule has 26 heavy (non-hydrogen) atoms. The summed E-state index contributed by atoms with van der Waals surface area (Å²) in [4.78, 5) is 18.5. The molecule has 0 atom stereocenters. The number of carbonyl (C=O) groups excluding carboxylic acids is 1. The van der Waals surface area contributed by atoms with Crippen molar-refractivity contribution in [1.82, 2.24) is 4.98 Å². The Balaban J connectivity index is 1.83. The molecule has 1 amide bonds. The maximum Gasteiger partial charge on any atom is 0.251 e. The molecule has 0 N–H and O–H groups in total. The van der Waals surface area contributed by atoms with E-state index < -0.39 is 0 Å². The van der Waals surface area contributed by atoms with E-state index in [0.29, 0.717) is 15.9 Å². The molecule has 0 aliphatic rings. The molecule has 0 saturated carbocycles. The molecule has 0 aliphatic heterocycles. The van der Waals surface area contributed by atoms with Crippen molar-refractivity contribution < 1.29 is 9.52 Å². The molecule has 0 saturated heterocycles. The van der Waals surface area contributed by atoms with Crippen LogP contribution < -0.4 is 9.63 Å². The zero-order valence-corrected chi connectivity index (χ0v) is 16.4. The van der Waals surface area contributed by atoms with Crippen LogP contribution in [0.2, 0.25) is 0 Å². The van der Waals surface area contributed by atoms with Crippen molar-refractivity contribution in [3.8, 4) is 0 Å². The minimum absolute atomic E-state index is 0.0762. The standard InChI is InChI=1S/C19H19N3O2S2/c1-13-7-6-8-17(14(13)2)22(15(3)23)19-20-16(12-26-19)11-25-18-9-4-5-10-21(18)24/h4-10,12H,11H2,1-3H3. The molecule has 1 aromatic carbocycles. The summed E-state index contributed by atoms with van der Waals surface area (Å²) < 4.78 is 0.843. The summed E-state index contributed by atoms with van der Waals surface area (Å²) in [6.45, 7) is 5.58. The smallest absolute Gasteiger partial charge is 0.251 e. The Morgan fingerprint density at radius 2 is 2.08 bits per heavy atom. The molecular formula is C19H19N3O2S2. The maximum absolute atomic E-state index is 12.3. The largest absolute Gasteiger partial charge is 0.618 e. The lowest BCUT2D eigenvalue weighted by Gasteiger charge is -2.21. The average molecular weight is 386 g/mol. The number of hydrogen-bond donors (Lipinski definition) is 0. The minimum atomic E-state index is -0.0762. The van der Waals surface area contributed by atoms with Crippen LogP contribution in [0.1, 0.15) is 23.7 Å². The Hall–Kier alpha value is -2.38. The molecule has 0 spiro atoms. The van der Waals surface area contributed by atoms with Crippen molar-refractivity contribution in [1.29, 1.82) is 0 Å². The second kappa shape index (κ2) is 7.88. The number of pyridine rings is 1. The van der Waals surface area contributed by atoms with Crippen LogP contribution >= 0.6 is 23.1 Å². The van der Waals surface area contributed by atoms with Gasteiger partial charge in [0, 0.05) is 30.2 Å². The summed E-state index contributed by atoms with van der Waals surface area (Å²) >= 11 is 2.86. The van der Waals surface area contributed by atoms with Gasteiger partial charge < -0.3 is 5.21 Å². The highest BCUT2D eigenvalue weighted by molar-refractivity contribution is 7.98. The highest BCUT2D eigenvalue weighted by atomic mass is 32.2. The molecule has 0 bridgehead atoms. The van der Waals surface area contributed by atoms with E-state index in [9.17, 15) is 10.0 Å². The number of amides is 1. The van der Waals surface area contributed by atoms with Crippen LogP contribution in [-0.4, -0.2) is 10.9 Å². The molecule has 134 valence electrons. The van der Waals surface area contributed by atoms with Crippen molar-refractivity contribution in [2.45, 2.75) is 31.6 Å². The molecule has 3 aromatic rings. The zero-order chi connectivity index (χ0) is 18.7. The molecule has 2 aromatic heterocycles. The van der Waals surface area contributed by atoms with Crippen LogP contribution in [0.5, 0.6) is 0 Å². The number of anilines is 2. The minimum Gasteiger partial charge on any atom is -0.618 e. The second-order valence-electron chi connectivity index (χ2n) is 5.85. The van der Waals surface area contributed by atoms with Crippen LogP contribution in [0.3, 0.4) is 0 Å². The van der Waals surface area contributed by atoms with Crippen LogP contribution in [0, 0.1) is 19.1 Å². The van der Waals surface area contributed by atoms with Crippen molar-refractivity contribution >= 4 is 39.8 Å². The van der Waals surface area contributed by atoms with Gasteiger partial charge in [-0.2, -0.15) is 4.73 Å². The zero-order valence-electron chi connectivity index (χ0n) is 14.8. The van der Waals surface area contributed by atoms with Gasteiger partial charge in [-0.25, -0.2) is 4.98 Å². The third-order valence-corrected chi connectivity index (χ3v) is 5.95. The van der Waals surface area contributed by atoms with E-state index in [2.05, 4.69) is 4.98 Å². The van der Waals surface area contributed by atoms with Crippen LogP contribution in [0.25, 0.3) is 0 Å². The average Bonchev–Trinajstić information content (AvgIpc) is 3.06. The topological polar surface area (TPSA) is 60.1 Å². The fraction of sp³-hybridized carbons (Fsp3) is 0.211. The summed E-state index contributed by atoms with van der Waals surface area (Å²) in [6, 6.07) is 11.2. The SMILES string of the molecule is CC(=O)N(c1nc(CSc2cccc[n+]2[O-])cs1)c1cccc(C)c1C. The maximum atomic E-state index is 12.3. The quantitative estimate of drug-likeness (QED) is 0.372. The lowest BCUT2D eigenvalue weighted by atomic mass is 10.1. The van der Waals surface area contributed by atoms with Crippen LogP contribution in [0.15, 0.2) is 53.0 Å². The van der Waals surface area contributed by atoms with Gasteiger partial charge in [0.1, 0.15) is 0 Å². The fourth-order valence-corrected chi connectivity index (χ4v) is 4.31. The lowest BCUT2D eigenvalue weighted by Crippen LogP contribution is -2.27. The molecular weight excluding hydrogens is 366 g/mol. The van der Waals surface area contributed by atoms with E-state index in [1.54, 1.807) is 24.0 Å². The van der Waals surface area contributed by atoms with Gasteiger partial charge in [0.05, 0.1) is 11.4 Å². The van der Waals surface area contributed by atoms with Gasteiger partial charge in [0.25, 0.3) is 5.03 Å². The third-order valence-electron chi connectivity index (χ3n) is 4.02. The second-order valence-corrected chi connectivity index (χ2v) is 7.68. The van der Waals surface area contributed by atoms with Crippen molar-refractivity contribution in [3.05, 3.63) is 70.0 Å². The summed E-state index contributed by atoms with van der Waals surface area (Å²) in [5.74, 6) is 0.495. The highest BCUT2D eigenvalue weighted by Gasteiger charge is 2.20. The van der Waals surface area contributed by atoms with Gasteiger partial charge in [-0.3, -0.25) is 9.69 Å².